The van der Waals surface area contributed by atoms with E-state index < -0.39 is 5.41 Å². The number of pyridine rings is 1. The van der Waals surface area contributed by atoms with E-state index in [-0.39, 0.29) is 41.5 Å². The third kappa shape index (κ3) is 8.94. The van der Waals surface area contributed by atoms with Crippen LogP contribution in [0.5, 0.6) is 11.6 Å². The quantitative estimate of drug-likeness (QED) is 0.0540. The molecule has 72 heavy (non-hydrogen) atoms. The van der Waals surface area contributed by atoms with Gasteiger partial charge < -0.3 is 32.2 Å². The molecule has 0 bridgehead atoms. The van der Waals surface area contributed by atoms with E-state index in [9.17, 15) is 14.4 Å². The topological polar surface area (TPSA) is 222 Å². The van der Waals surface area contributed by atoms with Gasteiger partial charge in [-0.05, 0) is 128 Å². The third-order valence-corrected chi connectivity index (χ3v) is 13.9. The number of rotatable bonds is 13. The molecule has 0 saturated heterocycles. The summed E-state index contributed by atoms with van der Waals surface area (Å²) in [7, 11) is 0. The lowest BCUT2D eigenvalue weighted by Crippen LogP contribution is -2.49. The number of ether oxygens (including phenoxy) is 1. The van der Waals surface area contributed by atoms with Crippen LogP contribution in [0.2, 0.25) is 0 Å². The molecular formula is C56H54N12O4. The number of carbonyl (C=O) groups excluding carboxylic acids is 3. The molecule has 3 atom stereocenters. The highest BCUT2D eigenvalue weighted by Gasteiger charge is 2.42. The number of aromatic nitrogens is 7. The first kappa shape index (κ1) is 46.8. The van der Waals surface area contributed by atoms with Crippen molar-refractivity contribution in [3.63, 3.8) is 0 Å². The molecule has 3 amide bonds. The van der Waals surface area contributed by atoms with Crippen LogP contribution in [0.4, 0.5) is 23.0 Å². The van der Waals surface area contributed by atoms with E-state index >= 15 is 0 Å². The summed E-state index contributed by atoms with van der Waals surface area (Å²) in [5.74, 6) is 1.13. The number of hydrogen-bond donors (Lipinski definition) is 5. The van der Waals surface area contributed by atoms with Crippen LogP contribution in [0.1, 0.15) is 68.7 Å². The van der Waals surface area contributed by atoms with Crippen LogP contribution >= 0.6 is 0 Å². The SMILES string of the molecule is C=CC(=O)Nc1ccc(-c2cn3ncnc(N)c3c2-c2ccc(Oc3cccc(C)n3)cc2)c(C2CC(NC(=O)C3(C)C=CC(c4c(-c5ccc(NC(=O)C(=C)C)cc5)cn5ncnc(N)c45)C(C)C3)C2)c1. The summed E-state index contributed by atoms with van der Waals surface area (Å²) in [5.41, 5.74) is 23.6. The predicted octanol–water partition coefficient (Wildman–Crippen LogP) is 9.82. The Morgan fingerprint density at radius 2 is 1.50 bits per heavy atom. The van der Waals surface area contributed by atoms with Crippen LogP contribution in [0.25, 0.3) is 44.4 Å². The fourth-order valence-electron chi connectivity index (χ4n) is 10.2. The van der Waals surface area contributed by atoms with Crippen molar-refractivity contribution in [1.82, 2.24) is 39.5 Å². The molecule has 16 nitrogen and oxygen atoms in total. The highest BCUT2D eigenvalue weighted by atomic mass is 16.5. The molecule has 7 N–H and O–H groups in total. The number of aryl methyl sites for hydroxylation is 1. The number of amides is 3. The van der Waals surface area contributed by atoms with Crippen LogP contribution < -0.4 is 32.2 Å². The van der Waals surface area contributed by atoms with Crippen molar-refractivity contribution in [2.45, 2.75) is 64.8 Å². The van der Waals surface area contributed by atoms with Gasteiger partial charge >= 0.3 is 0 Å². The van der Waals surface area contributed by atoms with Crippen molar-refractivity contribution >= 4 is 51.8 Å². The highest BCUT2D eigenvalue weighted by molar-refractivity contribution is 6.03. The minimum absolute atomic E-state index is 0.0226. The number of allylic oxidation sites excluding steroid dienone is 1. The lowest BCUT2D eigenvalue weighted by atomic mass is 9.68. The number of fused-ring (bicyclic) bond motifs is 2. The average Bonchev–Trinajstić information content (AvgIpc) is 3.94. The van der Waals surface area contributed by atoms with E-state index in [4.69, 9.17) is 16.2 Å². The standard InChI is InChI=1S/C56H54N12O4/c1-7-46(69)64-38-17-20-42(45-28-68-50(52(57)59-29-62-68)48(45)35-13-18-40(19-14-35)72-47-10-8-9-33(5)63-47)43(25-38)36-23-39(24-36)66-55(71)56(6)22-21-41(32(4)26-56)49-44(27-67-51(49)53(58)60-30-61-67)34-11-15-37(16-12-34)65-54(70)31(2)3/h7-22,25,27-30,32,36,39,41H,1-2,23-24,26H2,3-6H3,(H,64,69)(H,65,70)(H,66,71)(H2,57,59,62)(H2,58,60,61). The fourth-order valence-corrected chi connectivity index (χ4v) is 10.2. The van der Waals surface area contributed by atoms with E-state index in [0.29, 0.717) is 70.5 Å². The molecule has 5 aromatic heterocycles. The van der Waals surface area contributed by atoms with E-state index in [2.05, 4.69) is 67.3 Å². The molecule has 3 unspecified atom stereocenters. The van der Waals surface area contributed by atoms with Crippen molar-refractivity contribution in [3.05, 3.63) is 164 Å². The zero-order chi connectivity index (χ0) is 50.4. The lowest BCUT2D eigenvalue weighted by molar-refractivity contribution is -0.130. The van der Waals surface area contributed by atoms with Crippen molar-refractivity contribution in [2.24, 2.45) is 11.3 Å². The van der Waals surface area contributed by atoms with Crippen LogP contribution in [0, 0.1) is 18.3 Å². The highest BCUT2D eigenvalue weighted by Crippen LogP contribution is 2.50. The Hall–Kier alpha value is -8.92. The maximum absolute atomic E-state index is 14.4. The van der Waals surface area contributed by atoms with E-state index in [0.717, 1.165) is 50.2 Å². The number of nitrogens with two attached hydrogens (primary N) is 2. The maximum atomic E-state index is 14.4. The molecule has 2 aliphatic rings. The van der Waals surface area contributed by atoms with E-state index in [1.165, 1.54) is 18.7 Å². The lowest BCUT2D eigenvalue weighted by Gasteiger charge is -2.41. The van der Waals surface area contributed by atoms with Gasteiger partial charge in [0.25, 0.3) is 5.91 Å². The largest absolute Gasteiger partial charge is 0.439 e. The van der Waals surface area contributed by atoms with Crippen LogP contribution in [0.15, 0.2) is 147 Å². The summed E-state index contributed by atoms with van der Waals surface area (Å²) in [4.78, 5) is 52.5. The van der Waals surface area contributed by atoms with Gasteiger partial charge in [0.1, 0.15) is 29.4 Å². The van der Waals surface area contributed by atoms with Gasteiger partial charge in [0.05, 0.1) is 5.41 Å². The van der Waals surface area contributed by atoms with Crippen LogP contribution in [-0.2, 0) is 14.4 Å². The normalized spacial score (nSPS) is 19.3. The Balaban J connectivity index is 0.910. The zero-order valence-corrected chi connectivity index (χ0v) is 40.4. The number of hydrogen-bond acceptors (Lipinski definition) is 11. The summed E-state index contributed by atoms with van der Waals surface area (Å²) < 4.78 is 9.59. The summed E-state index contributed by atoms with van der Waals surface area (Å²) in [5, 5.41) is 18.3. The molecule has 8 aromatic rings. The fraction of sp³-hybridized carbons (Fsp3) is 0.214. The van der Waals surface area contributed by atoms with Crippen LogP contribution in [-0.4, -0.2) is 57.9 Å². The first-order valence-corrected chi connectivity index (χ1v) is 23.8. The van der Waals surface area contributed by atoms with Gasteiger partial charge in [-0.15, -0.1) is 0 Å². The molecule has 2 aliphatic carbocycles. The maximum Gasteiger partial charge on any atom is 0.250 e. The molecule has 362 valence electrons. The monoisotopic (exact) mass is 958 g/mol. The zero-order valence-electron chi connectivity index (χ0n) is 40.4. The summed E-state index contributed by atoms with van der Waals surface area (Å²) in [6.07, 6.45) is 14.1. The van der Waals surface area contributed by atoms with Crippen molar-refractivity contribution in [2.75, 3.05) is 22.1 Å². The third-order valence-electron chi connectivity index (χ3n) is 13.9. The molecule has 16 heteroatoms. The molecule has 0 spiro atoms. The average molecular weight is 959 g/mol. The Kier molecular flexibility index (Phi) is 12.2. The minimum atomic E-state index is -0.790. The number of nitrogen functional groups attached to an aromatic ring is 2. The second-order valence-electron chi connectivity index (χ2n) is 19.1. The van der Waals surface area contributed by atoms with Crippen molar-refractivity contribution in [1.29, 1.82) is 0 Å². The molecule has 3 aromatic carbocycles. The second kappa shape index (κ2) is 18.8. The van der Waals surface area contributed by atoms with Gasteiger partial charge in [-0.1, -0.05) is 68.6 Å². The van der Waals surface area contributed by atoms with Gasteiger partial charge in [-0.25, -0.2) is 24.0 Å². The summed E-state index contributed by atoms with van der Waals surface area (Å²) in [6.45, 7) is 15.1. The molecule has 0 aliphatic heterocycles. The predicted molar refractivity (Wildman–Crippen MR) is 280 cm³/mol. The Morgan fingerprint density at radius 3 is 2.18 bits per heavy atom. The smallest absolute Gasteiger partial charge is 0.250 e. The number of nitrogens with one attached hydrogen (secondary N) is 3. The first-order valence-electron chi connectivity index (χ1n) is 23.8. The van der Waals surface area contributed by atoms with Gasteiger partial charge in [0.15, 0.2) is 11.6 Å². The molecule has 1 fully saturated rings. The van der Waals surface area contributed by atoms with Gasteiger partial charge in [0, 0.05) is 69.8 Å². The molecular weight excluding hydrogens is 905 g/mol. The van der Waals surface area contributed by atoms with E-state index in [1.54, 1.807) is 16.0 Å². The van der Waals surface area contributed by atoms with Crippen molar-refractivity contribution < 1.29 is 19.1 Å². The van der Waals surface area contributed by atoms with Crippen LogP contribution in [0.3, 0.4) is 0 Å². The Labute approximate surface area is 415 Å². The molecule has 1 saturated carbocycles. The summed E-state index contributed by atoms with van der Waals surface area (Å²) >= 11 is 0. The molecule has 0 radical (unpaired) electrons. The van der Waals surface area contributed by atoms with Crippen molar-refractivity contribution in [3.8, 4) is 45.0 Å². The number of carbonyl (C=O) groups is 3. The molecule has 10 rings (SSSR count). The Bertz CT molecular complexity index is 3500. The molecule has 5 heterocycles. The number of nitrogens with zero attached hydrogens (tertiary/aromatic N) is 7. The first-order chi connectivity index (χ1) is 34.7. The Morgan fingerprint density at radius 1 is 0.833 bits per heavy atom. The summed E-state index contributed by atoms with van der Waals surface area (Å²) in [6, 6.07) is 26.8. The number of anilines is 4. The number of benzene rings is 3. The van der Waals surface area contributed by atoms with Gasteiger partial charge in [-0.3, -0.25) is 14.4 Å². The van der Waals surface area contributed by atoms with Gasteiger partial charge in [-0.2, -0.15) is 10.2 Å². The second-order valence-corrected chi connectivity index (χ2v) is 19.1. The van der Waals surface area contributed by atoms with E-state index in [1.807, 2.05) is 117 Å². The van der Waals surface area contributed by atoms with Gasteiger partial charge in [0.2, 0.25) is 17.7 Å². The minimum Gasteiger partial charge on any atom is -0.439 e.